The molecule has 96 valence electrons. The first-order valence-corrected chi connectivity index (χ1v) is 5.97. The molecule has 0 aliphatic carbocycles. The molecule has 1 atom stereocenters. The summed E-state index contributed by atoms with van der Waals surface area (Å²) < 4.78 is 19.1. The Morgan fingerprint density at radius 2 is 2.00 bits per heavy atom. The quantitative estimate of drug-likeness (QED) is 0.870. The van der Waals surface area contributed by atoms with Gasteiger partial charge in [-0.2, -0.15) is 0 Å². The molecule has 0 heterocycles. The molecule has 0 spiro atoms. The molecule has 0 aliphatic rings. The van der Waals surface area contributed by atoms with E-state index in [1.54, 1.807) is 19.1 Å². The minimum Gasteiger partial charge on any atom is -0.493 e. The first-order chi connectivity index (χ1) is 7.79. The Labute approximate surface area is 103 Å². The van der Waals surface area contributed by atoms with Gasteiger partial charge in [0.2, 0.25) is 0 Å². The maximum atomic E-state index is 13.6. The highest BCUT2D eigenvalue weighted by Gasteiger charge is 2.11. The lowest BCUT2D eigenvalue weighted by atomic mass is 9.93. The topological polar surface area (TPSA) is 35.2 Å². The van der Waals surface area contributed by atoms with Crippen LogP contribution in [-0.4, -0.2) is 6.61 Å². The van der Waals surface area contributed by atoms with Crippen molar-refractivity contribution in [1.29, 1.82) is 0 Å². The first kappa shape index (κ1) is 14.0. The molecule has 0 unspecified atom stereocenters. The molecule has 0 bridgehead atoms. The van der Waals surface area contributed by atoms with Crippen LogP contribution in [-0.2, 0) is 0 Å². The Balaban J connectivity index is 2.59. The highest BCUT2D eigenvalue weighted by Crippen LogP contribution is 2.22. The number of ether oxygens (including phenoxy) is 1. The average molecular weight is 239 g/mol. The van der Waals surface area contributed by atoms with E-state index in [1.165, 1.54) is 6.07 Å². The molecular formula is C14H22FNO. The maximum absolute atomic E-state index is 13.6. The number of hydrogen-bond acceptors (Lipinski definition) is 2. The van der Waals surface area contributed by atoms with Crippen LogP contribution in [0.5, 0.6) is 5.75 Å². The third-order valence-corrected chi connectivity index (χ3v) is 2.58. The van der Waals surface area contributed by atoms with Gasteiger partial charge in [0.1, 0.15) is 11.6 Å². The molecule has 0 amide bonds. The molecule has 0 saturated carbocycles. The fraction of sp³-hybridized carbons (Fsp3) is 0.571. The lowest BCUT2D eigenvalue weighted by Crippen LogP contribution is -2.11. The number of halogens is 1. The van der Waals surface area contributed by atoms with Crippen LogP contribution in [0.3, 0.4) is 0 Å². The number of hydrogen-bond donors (Lipinski definition) is 1. The van der Waals surface area contributed by atoms with E-state index in [0.29, 0.717) is 17.9 Å². The van der Waals surface area contributed by atoms with E-state index < -0.39 is 0 Å². The summed E-state index contributed by atoms with van der Waals surface area (Å²) in [5.41, 5.74) is 6.39. The van der Waals surface area contributed by atoms with Gasteiger partial charge < -0.3 is 10.5 Å². The fourth-order valence-corrected chi connectivity index (χ4v) is 1.44. The van der Waals surface area contributed by atoms with Crippen molar-refractivity contribution < 1.29 is 9.13 Å². The lowest BCUT2D eigenvalue weighted by Gasteiger charge is -2.18. The van der Waals surface area contributed by atoms with E-state index in [-0.39, 0.29) is 17.3 Å². The molecule has 17 heavy (non-hydrogen) atoms. The van der Waals surface area contributed by atoms with Crippen LogP contribution in [0.15, 0.2) is 18.2 Å². The Morgan fingerprint density at radius 3 is 2.47 bits per heavy atom. The van der Waals surface area contributed by atoms with Crippen molar-refractivity contribution >= 4 is 0 Å². The highest BCUT2D eigenvalue weighted by molar-refractivity contribution is 5.30. The van der Waals surface area contributed by atoms with E-state index in [0.717, 1.165) is 6.42 Å². The molecule has 1 aromatic rings. The van der Waals surface area contributed by atoms with Crippen molar-refractivity contribution in [2.24, 2.45) is 11.1 Å². The molecular weight excluding hydrogens is 217 g/mol. The lowest BCUT2D eigenvalue weighted by molar-refractivity contribution is 0.242. The van der Waals surface area contributed by atoms with Crippen LogP contribution in [0.1, 0.15) is 45.7 Å². The van der Waals surface area contributed by atoms with Crippen LogP contribution < -0.4 is 10.5 Å². The summed E-state index contributed by atoms with van der Waals surface area (Å²) in [6, 6.07) is 4.57. The number of nitrogens with two attached hydrogens (primary N) is 1. The van der Waals surface area contributed by atoms with Gasteiger partial charge in [-0.1, -0.05) is 26.8 Å². The van der Waals surface area contributed by atoms with E-state index in [1.807, 2.05) is 0 Å². The van der Waals surface area contributed by atoms with Gasteiger partial charge >= 0.3 is 0 Å². The zero-order valence-electron chi connectivity index (χ0n) is 11.1. The molecule has 3 heteroatoms. The van der Waals surface area contributed by atoms with Gasteiger partial charge in [-0.15, -0.1) is 0 Å². The van der Waals surface area contributed by atoms with Crippen molar-refractivity contribution in [2.45, 2.75) is 40.2 Å². The van der Waals surface area contributed by atoms with Gasteiger partial charge in [-0.05, 0) is 24.8 Å². The summed E-state index contributed by atoms with van der Waals surface area (Å²) in [5.74, 6) is 0.268. The summed E-state index contributed by atoms with van der Waals surface area (Å²) in [4.78, 5) is 0. The van der Waals surface area contributed by atoms with Crippen molar-refractivity contribution in [2.75, 3.05) is 6.61 Å². The molecule has 0 aromatic heterocycles. The molecule has 0 fully saturated rings. The molecule has 1 rings (SSSR count). The smallest absolute Gasteiger partial charge is 0.131 e. The SMILES string of the molecule is C[C@@H](N)c1ccc(OCCC(C)(C)C)cc1F. The zero-order valence-corrected chi connectivity index (χ0v) is 11.1. The van der Waals surface area contributed by atoms with Crippen LogP contribution in [0, 0.1) is 11.2 Å². The van der Waals surface area contributed by atoms with Crippen LogP contribution in [0.4, 0.5) is 4.39 Å². The molecule has 0 aliphatic heterocycles. The predicted octanol–water partition coefficient (Wildman–Crippen LogP) is 3.66. The van der Waals surface area contributed by atoms with Crippen molar-refractivity contribution in [3.63, 3.8) is 0 Å². The van der Waals surface area contributed by atoms with E-state index in [2.05, 4.69) is 20.8 Å². The first-order valence-electron chi connectivity index (χ1n) is 5.97. The van der Waals surface area contributed by atoms with E-state index in [9.17, 15) is 4.39 Å². The summed E-state index contributed by atoms with van der Waals surface area (Å²) in [6.45, 7) is 8.81. The largest absolute Gasteiger partial charge is 0.493 e. The Bertz CT molecular complexity index is 369. The van der Waals surface area contributed by atoms with E-state index in [4.69, 9.17) is 10.5 Å². The minimum absolute atomic E-state index is 0.226. The second kappa shape index (κ2) is 5.50. The van der Waals surface area contributed by atoms with Crippen molar-refractivity contribution in [3.8, 4) is 5.75 Å². The third kappa shape index (κ3) is 4.73. The summed E-state index contributed by atoms with van der Waals surface area (Å²) in [5, 5.41) is 0. The normalized spacial score (nSPS) is 13.5. The number of benzene rings is 1. The van der Waals surface area contributed by atoms with Gasteiger partial charge in [-0.25, -0.2) is 4.39 Å². The third-order valence-electron chi connectivity index (χ3n) is 2.58. The fourth-order valence-electron chi connectivity index (χ4n) is 1.44. The monoisotopic (exact) mass is 239 g/mol. The standard InChI is InChI=1S/C14H22FNO/c1-10(16)12-6-5-11(9-13(12)15)17-8-7-14(2,3)4/h5-6,9-10H,7-8,16H2,1-4H3/t10-/m1/s1. The van der Waals surface area contributed by atoms with Gasteiger partial charge in [0.15, 0.2) is 0 Å². The highest BCUT2D eigenvalue weighted by atomic mass is 19.1. The number of rotatable bonds is 4. The second-order valence-electron chi connectivity index (χ2n) is 5.63. The summed E-state index contributed by atoms with van der Waals surface area (Å²) in [7, 11) is 0. The van der Waals surface area contributed by atoms with Gasteiger partial charge in [0, 0.05) is 17.7 Å². The average Bonchev–Trinajstić information content (AvgIpc) is 2.15. The Morgan fingerprint density at radius 1 is 1.35 bits per heavy atom. The van der Waals surface area contributed by atoms with Crippen molar-refractivity contribution in [3.05, 3.63) is 29.6 Å². The van der Waals surface area contributed by atoms with Gasteiger partial charge in [0.05, 0.1) is 6.61 Å². The summed E-state index contributed by atoms with van der Waals surface area (Å²) >= 11 is 0. The molecule has 1 aromatic carbocycles. The maximum Gasteiger partial charge on any atom is 0.131 e. The van der Waals surface area contributed by atoms with Crippen LogP contribution >= 0.6 is 0 Å². The van der Waals surface area contributed by atoms with Gasteiger partial charge in [-0.3, -0.25) is 0 Å². The molecule has 2 nitrogen and oxygen atoms in total. The Hall–Kier alpha value is -1.09. The van der Waals surface area contributed by atoms with Gasteiger partial charge in [0.25, 0.3) is 0 Å². The molecule has 2 N–H and O–H groups in total. The minimum atomic E-state index is -0.298. The van der Waals surface area contributed by atoms with Crippen LogP contribution in [0.25, 0.3) is 0 Å². The second-order valence-corrected chi connectivity index (χ2v) is 5.63. The Kier molecular flexibility index (Phi) is 4.52. The molecule has 0 saturated heterocycles. The van der Waals surface area contributed by atoms with Crippen LogP contribution in [0.2, 0.25) is 0 Å². The predicted molar refractivity (Wildman–Crippen MR) is 68.6 cm³/mol. The van der Waals surface area contributed by atoms with Crippen molar-refractivity contribution in [1.82, 2.24) is 0 Å². The summed E-state index contributed by atoms with van der Waals surface area (Å²) in [6.07, 6.45) is 0.934. The van der Waals surface area contributed by atoms with E-state index >= 15 is 0 Å². The molecule has 0 radical (unpaired) electrons. The zero-order chi connectivity index (χ0) is 13.1.